The van der Waals surface area contributed by atoms with Gasteiger partial charge in [0, 0.05) is 9.75 Å². The summed E-state index contributed by atoms with van der Waals surface area (Å²) in [5.41, 5.74) is 2.36. The molecule has 0 bridgehead atoms. The molecule has 1 aromatic carbocycles. The highest BCUT2D eigenvalue weighted by molar-refractivity contribution is 7.22. The Morgan fingerprint density at radius 1 is 1.11 bits per heavy atom. The monoisotopic (exact) mass is 288 g/mol. The summed E-state index contributed by atoms with van der Waals surface area (Å²) >= 11 is 3.56. The number of rotatable bonds is 3. The van der Waals surface area contributed by atoms with Crippen molar-refractivity contribution in [3.05, 3.63) is 45.6 Å². The van der Waals surface area contributed by atoms with Gasteiger partial charge in [-0.05, 0) is 50.6 Å². The van der Waals surface area contributed by atoms with Crippen molar-refractivity contribution in [1.82, 2.24) is 4.98 Å². The van der Waals surface area contributed by atoms with Crippen LogP contribution in [-0.4, -0.2) is 4.98 Å². The van der Waals surface area contributed by atoms with Gasteiger partial charge in [-0.25, -0.2) is 4.98 Å². The van der Waals surface area contributed by atoms with Gasteiger partial charge in [-0.1, -0.05) is 17.4 Å². The van der Waals surface area contributed by atoms with Crippen LogP contribution in [0.2, 0.25) is 0 Å². The van der Waals surface area contributed by atoms with Crippen LogP contribution >= 0.6 is 22.7 Å². The second-order valence-corrected chi connectivity index (χ2v) is 7.15. The van der Waals surface area contributed by atoms with E-state index in [1.165, 1.54) is 20.0 Å². The first kappa shape index (κ1) is 12.6. The molecule has 0 radical (unpaired) electrons. The summed E-state index contributed by atoms with van der Waals surface area (Å²) in [6.45, 7) is 6.44. The molecule has 0 amide bonds. The average molecular weight is 288 g/mol. The molecule has 98 valence electrons. The predicted octanol–water partition coefficient (Wildman–Crippen LogP) is 5.15. The highest BCUT2D eigenvalue weighted by Crippen LogP contribution is 2.31. The number of thiophene rings is 1. The molecule has 0 aliphatic heterocycles. The van der Waals surface area contributed by atoms with Crippen molar-refractivity contribution < 1.29 is 0 Å². The van der Waals surface area contributed by atoms with E-state index >= 15 is 0 Å². The van der Waals surface area contributed by atoms with E-state index in [4.69, 9.17) is 0 Å². The van der Waals surface area contributed by atoms with Crippen molar-refractivity contribution in [2.75, 3.05) is 5.32 Å². The number of benzene rings is 1. The number of hydrogen-bond donors (Lipinski definition) is 1. The maximum absolute atomic E-state index is 4.64. The molecule has 0 spiro atoms. The molecule has 19 heavy (non-hydrogen) atoms. The zero-order valence-electron chi connectivity index (χ0n) is 11.2. The maximum atomic E-state index is 4.64. The zero-order valence-corrected chi connectivity index (χ0v) is 12.9. The van der Waals surface area contributed by atoms with Gasteiger partial charge in [0.15, 0.2) is 5.13 Å². The lowest BCUT2D eigenvalue weighted by atomic mass is 10.2. The minimum atomic E-state index is 0.306. The number of hydrogen-bond acceptors (Lipinski definition) is 4. The lowest BCUT2D eigenvalue weighted by Gasteiger charge is -2.10. The van der Waals surface area contributed by atoms with Gasteiger partial charge in [0.25, 0.3) is 0 Å². The molecule has 2 heterocycles. The second-order valence-electron chi connectivity index (χ2n) is 4.80. The quantitative estimate of drug-likeness (QED) is 0.721. The number of nitrogens with one attached hydrogen (secondary N) is 1. The van der Waals surface area contributed by atoms with Gasteiger partial charge >= 0.3 is 0 Å². The molecule has 2 nitrogen and oxygen atoms in total. The third kappa shape index (κ3) is 2.65. The smallest absolute Gasteiger partial charge is 0.184 e. The van der Waals surface area contributed by atoms with Gasteiger partial charge < -0.3 is 5.32 Å². The molecule has 2 aromatic heterocycles. The van der Waals surface area contributed by atoms with Crippen LogP contribution in [0.1, 0.15) is 28.3 Å². The maximum Gasteiger partial charge on any atom is 0.184 e. The normalized spacial score (nSPS) is 12.8. The summed E-state index contributed by atoms with van der Waals surface area (Å²) in [5, 5.41) is 4.50. The Hall–Kier alpha value is -1.39. The molecule has 1 atom stereocenters. The largest absolute Gasteiger partial charge is 0.354 e. The van der Waals surface area contributed by atoms with E-state index in [2.05, 4.69) is 61.4 Å². The number of thiazole rings is 1. The molecule has 0 aliphatic carbocycles. The van der Waals surface area contributed by atoms with Gasteiger partial charge in [-0.15, -0.1) is 11.3 Å². The third-order valence-corrected chi connectivity index (χ3v) is 5.20. The van der Waals surface area contributed by atoms with Crippen LogP contribution in [-0.2, 0) is 0 Å². The lowest BCUT2D eigenvalue weighted by molar-refractivity contribution is 0.905. The summed E-state index contributed by atoms with van der Waals surface area (Å²) < 4.78 is 1.25. The first-order valence-corrected chi connectivity index (χ1v) is 7.95. The first-order valence-electron chi connectivity index (χ1n) is 6.32. The third-order valence-electron chi connectivity index (χ3n) is 3.07. The summed E-state index contributed by atoms with van der Waals surface area (Å²) in [4.78, 5) is 7.34. The number of nitrogens with zero attached hydrogens (tertiary/aromatic N) is 1. The molecule has 3 rings (SSSR count). The highest BCUT2D eigenvalue weighted by atomic mass is 32.1. The van der Waals surface area contributed by atoms with Crippen LogP contribution in [0.3, 0.4) is 0 Å². The summed E-state index contributed by atoms with van der Waals surface area (Å²) in [7, 11) is 0. The van der Waals surface area contributed by atoms with Crippen molar-refractivity contribution in [1.29, 1.82) is 0 Å². The topological polar surface area (TPSA) is 24.9 Å². The molecular weight excluding hydrogens is 272 g/mol. The van der Waals surface area contributed by atoms with Gasteiger partial charge in [0.1, 0.15) is 0 Å². The standard InChI is InChI=1S/C15H16N2S2/c1-9-4-6-12-14(8-9)19-15(17-12)16-11(3)13-7-5-10(2)18-13/h4-8,11H,1-3H3,(H,16,17). The van der Waals surface area contributed by atoms with Crippen LogP contribution in [0.15, 0.2) is 30.3 Å². The Labute approximate surface area is 121 Å². The molecule has 4 heteroatoms. The van der Waals surface area contributed by atoms with Crippen molar-refractivity contribution >= 4 is 38.0 Å². The van der Waals surface area contributed by atoms with Gasteiger partial charge in [-0.2, -0.15) is 0 Å². The number of fused-ring (bicyclic) bond motifs is 1. The minimum absolute atomic E-state index is 0.306. The lowest BCUT2D eigenvalue weighted by Crippen LogP contribution is -2.03. The van der Waals surface area contributed by atoms with E-state index < -0.39 is 0 Å². The van der Waals surface area contributed by atoms with E-state index in [1.54, 1.807) is 11.3 Å². The van der Waals surface area contributed by atoms with E-state index in [9.17, 15) is 0 Å². The fourth-order valence-corrected chi connectivity index (χ4v) is 3.97. The number of aromatic nitrogens is 1. The minimum Gasteiger partial charge on any atom is -0.354 e. The SMILES string of the molecule is Cc1ccc2nc(NC(C)c3ccc(C)s3)sc2c1. The van der Waals surface area contributed by atoms with Gasteiger partial charge in [-0.3, -0.25) is 0 Å². The van der Waals surface area contributed by atoms with Crippen LogP contribution in [0.4, 0.5) is 5.13 Å². The number of aryl methyl sites for hydroxylation is 2. The number of anilines is 1. The van der Waals surface area contributed by atoms with Crippen molar-refractivity contribution in [3.8, 4) is 0 Å². The van der Waals surface area contributed by atoms with Gasteiger partial charge in [0.05, 0.1) is 16.3 Å². The molecular formula is C15H16N2S2. The van der Waals surface area contributed by atoms with Gasteiger partial charge in [0.2, 0.25) is 0 Å². The molecule has 0 saturated carbocycles. The van der Waals surface area contributed by atoms with E-state index in [1.807, 2.05) is 11.3 Å². The Balaban J connectivity index is 1.85. The molecule has 0 fully saturated rings. The molecule has 0 aliphatic rings. The second kappa shape index (κ2) is 4.94. The predicted molar refractivity (Wildman–Crippen MR) is 85.5 cm³/mol. The van der Waals surface area contributed by atoms with E-state index in [0.29, 0.717) is 6.04 Å². The Bertz CT molecular complexity index is 712. The van der Waals surface area contributed by atoms with Crippen LogP contribution in [0.5, 0.6) is 0 Å². The molecule has 3 aromatic rings. The van der Waals surface area contributed by atoms with Crippen LogP contribution in [0, 0.1) is 13.8 Å². The fraction of sp³-hybridized carbons (Fsp3) is 0.267. The Morgan fingerprint density at radius 2 is 1.95 bits per heavy atom. The fourth-order valence-electron chi connectivity index (χ4n) is 2.04. The Kier molecular flexibility index (Phi) is 3.29. The van der Waals surface area contributed by atoms with Crippen molar-refractivity contribution in [2.45, 2.75) is 26.8 Å². The van der Waals surface area contributed by atoms with Crippen molar-refractivity contribution in [2.24, 2.45) is 0 Å². The average Bonchev–Trinajstić information content (AvgIpc) is 2.94. The molecule has 0 saturated heterocycles. The summed E-state index contributed by atoms with van der Waals surface area (Å²) in [6, 6.07) is 11.1. The summed E-state index contributed by atoms with van der Waals surface area (Å²) in [6.07, 6.45) is 0. The first-order chi connectivity index (χ1) is 9.11. The highest BCUT2D eigenvalue weighted by Gasteiger charge is 2.10. The van der Waals surface area contributed by atoms with Crippen LogP contribution < -0.4 is 5.32 Å². The van der Waals surface area contributed by atoms with Crippen LogP contribution in [0.25, 0.3) is 10.2 Å². The molecule has 1 unspecified atom stereocenters. The summed E-state index contributed by atoms with van der Waals surface area (Å²) in [5.74, 6) is 0. The molecule has 1 N–H and O–H groups in total. The van der Waals surface area contributed by atoms with Crippen molar-refractivity contribution in [3.63, 3.8) is 0 Å². The van der Waals surface area contributed by atoms with E-state index in [0.717, 1.165) is 10.6 Å². The zero-order chi connectivity index (χ0) is 13.4. The Morgan fingerprint density at radius 3 is 2.68 bits per heavy atom. The van der Waals surface area contributed by atoms with E-state index in [-0.39, 0.29) is 0 Å².